The molecule has 0 heterocycles. The van der Waals surface area contributed by atoms with Gasteiger partial charge in [0.15, 0.2) is 0 Å². The van der Waals surface area contributed by atoms with Crippen molar-refractivity contribution < 1.29 is 19.8 Å². The van der Waals surface area contributed by atoms with E-state index in [2.05, 4.69) is 6.58 Å². The van der Waals surface area contributed by atoms with Gasteiger partial charge in [-0.2, -0.15) is 0 Å². The van der Waals surface area contributed by atoms with Crippen molar-refractivity contribution in [2.24, 2.45) is 0 Å². The zero-order chi connectivity index (χ0) is 8.15. The van der Waals surface area contributed by atoms with Crippen LogP contribution in [0.3, 0.4) is 0 Å². The quantitative estimate of drug-likeness (QED) is 0.450. The maximum Gasteiger partial charge on any atom is 0.411 e. The molecule has 5 heteroatoms. The number of carboxylic acid groups (broad SMARTS) is 1. The van der Waals surface area contributed by atoms with Crippen LogP contribution in [-0.2, 0) is 4.79 Å². The first-order chi connectivity index (χ1) is 4.57. The van der Waals surface area contributed by atoms with Crippen LogP contribution in [0.15, 0.2) is 12.2 Å². The number of rotatable bonds is 2. The van der Waals surface area contributed by atoms with Crippen LogP contribution >= 0.6 is 0 Å². The molecule has 0 aromatic carbocycles. The molecule has 0 aromatic heterocycles. The SMILES string of the molecule is C=C(CO)C(=O)NC(=O)O. The predicted molar refractivity (Wildman–Crippen MR) is 32.4 cm³/mol. The van der Waals surface area contributed by atoms with E-state index in [0.29, 0.717) is 0 Å². The van der Waals surface area contributed by atoms with Crippen molar-refractivity contribution in [3.63, 3.8) is 0 Å². The number of carbonyl (C=O) groups excluding carboxylic acids is 1. The average molecular weight is 145 g/mol. The van der Waals surface area contributed by atoms with Crippen LogP contribution in [0.4, 0.5) is 4.79 Å². The second-order valence-corrected chi connectivity index (χ2v) is 1.52. The van der Waals surface area contributed by atoms with Gasteiger partial charge >= 0.3 is 6.09 Å². The minimum atomic E-state index is -1.46. The van der Waals surface area contributed by atoms with Crippen molar-refractivity contribution in [3.05, 3.63) is 12.2 Å². The van der Waals surface area contributed by atoms with Gasteiger partial charge in [0.05, 0.1) is 6.61 Å². The summed E-state index contributed by atoms with van der Waals surface area (Å²) in [5.74, 6) is -0.880. The Morgan fingerprint density at radius 2 is 2.00 bits per heavy atom. The minimum Gasteiger partial charge on any atom is -0.465 e. The molecule has 56 valence electrons. The van der Waals surface area contributed by atoms with Gasteiger partial charge in [0.1, 0.15) is 0 Å². The zero-order valence-corrected chi connectivity index (χ0v) is 5.13. The molecule has 2 amide bonds. The molecule has 0 rings (SSSR count). The number of imide groups is 1. The smallest absolute Gasteiger partial charge is 0.411 e. The Balaban J connectivity index is 3.86. The average Bonchev–Trinajstić information content (AvgIpc) is 1.85. The molecule has 0 atom stereocenters. The highest BCUT2D eigenvalue weighted by atomic mass is 16.4. The summed E-state index contributed by atoms with van der Waals surface area (Å²) in [6.07, 6.45) is -1.46. The van der Waals surface area contributed by atoms with Gasteiger partial charge in [-0.3, -0.25) is 10.1 Å². The highest BCUT2D eigenvalue weighted by Crippen LogP contribution is 1.85. The lowest BCUT2D eigenvalue weighted by molar-refractivity contribution is -0.117. The first kappa shape index (κ1) is 8.64. The molecule has 0 bridgehead atoms. The summed E-state index contributed by atoms with van der Waals surface area (Å²) < 4.78 is 0. The van der Waals surface area contributed by atoms with Gasteiger partial charge in [0.25, 0.3) is 5.91 Å². The number of aliphatic hydroxyl groups excluding tert-OH is 1. The maximum atomic E-state index is 10.4. The normalized spacial score (nSPS) is 8.50. The number of amides is 2. The van der Waals surface area contributed by atoms with Crippen molar-refractivity contribution in [1.82, 2.24) is 5.32 Å². The Bertz CT molecular complexity index is 174. The summed E-state index contributed by atoms with van der Waals surface area (Å²) in [4.78, 5) is 20.2. The number of nitrogens with one attached hydrogen (secondary N) is 1. The molecular formula is C5H7NO4. The highest BCUT2D eigenvalue weighted by Gasteiger charge is 2.07. The Hall–Kier alpha value is -1.36. The molecule has 0 aliphatic rings. The van der Waals surface area contributed by atoms with E-state index in [1.807, 2.05) is 0 Å². The second-order valence-electron chi connectivity index (χ2n) is 1.52. The molecule has 0 unspecified atom stereocenters. The van der Waals surface area contributed by atoms with Crippen molar-refractivity contribution in [2.75, 3.05) is 6.61 Å². The fourth-order valence-electron chi connectivity index (χ4n) is 0.257. The van der Waals surface area contributed by atoms with E-state index >= 15 is 0 Å². The Kier molecular flexibility index (Phi) is 3.13. The van der Waals surface area contributed by atoms with Gasteiger partial charge in [0, 0.05) is 5.57 Å². The summed E-state index contributed by atoms with van der Waals surface area (Å²) in [7, 11) is 0. The van der Waals surface area contributed by atoms with Crippen LogP contribution in [0.5, 0.6) is 0 Å². The third kappa shape index (κ3) is 2.83. The molecule has 0 aromatic rings. The molecule has 0 aliphatic carbocycles. The number of hydrogen-bond donors (Lipinski definition) is 3. The summed E-state index contributed by atoms with van der Waals surface area (Å²) in [6.45, 7) is 2.56. The maximum absolute atomic E-state index is 10.4. The van der Waals surface area contributed by atoms with Gasteiger partial charge in [-0.1, -0.05) is 6.58 Å². The summed E-state index contributed by atoms with van der Waals surface area (Å²) in [5, 5.41) is 17.8. The van der Waals surface area contributed by atoms with Crippen LogP contribution in [-0.4, -0.2) is 28.8 Å². The fraction of sp³-hybridized carbons (Fsp3) is 0.200. The van der Waals surface area contributed by atoms with Gasteiger partial charge in [-0.05, 0) is 0 Å². The Morgan fingerprint density at radius 3 is 2.30 bits per heavy atom. The lowest BCUT2D eigenvalue weighted by Gasteiger charge is -1.97. The lowest BCUT2D eigenvalue weighted by atomic mass is 10.3. The van der Waals surface area contributed by atoms with Crippen LogP contribution in [0.2, 0.25) is 0 Å². The van der Waals surface area contributed by atoms with E-state index in [0.717, 1.165) is 0 Å². The molecule has 10 heavy (non-hydrogen) atoms. The Morgan fingerprint density at radius 1 is 1.50 bits per heavy atom. The second kappa shape index (κ2) is 3.62. The van der Waals surface area contributed by atoms with E-state index in [-0.39, 0.29) is 5.57 Å². The van der Waals surface area contributed by atoms with Crippen molar-refractivity contribution >= 4 is 12.0 Å². The van der Waals surface area contributed by atoms with Gasteiger partial charge in [0.2, 0.25) is 0 Å². The van der Waals surface area contributed by atoms with Crippen LogP contribution in [0, 0.1) is 0 Å². The van der Waals surface area contributed by atoms with Gasteiger partial charge < -0.3 is 10.2 Å². The fourth-order valence-corrected chi connectivity index (χ4v) is 0.257. The highest BCUT2D eigenvalue weighted by molar-refractivity contribution is 6.01. The number of hydrogen-bond acceptors (Lipinski definition) is 3. The van der Waals surface area contributed by atoms with Crippen LogP contribution in [0.1, 0.15) is 0 Å². The zero-order valence-electron chi connectivity index (χ0n) is 5.13. The number of carbonyl (C=O) groups is 2. The molecule has 3 N–H and O–H groups in total. The first-order valence-electron chi connectivity index (χ1n) is 2.41. The molecule has 0 fully saturated rings. The molecule has 0 spiro atoms. The van der Waals surface area contributed by atoms with Crippen LogP contribution in [0.25, 0.3) is 0 Å². The van der Waals surface area contributed by atoms with Gasteiger partial charge in [-0.25, -0.2) is 4.79 Å². The third-order valence-corrected chi connectivity index (χ3v) is 0.732. The largest absolute Gasteiger partial charge is 0.465 e. The molecular weight excluding hydrogens is 138 g/mol. The van der Waals surface area contributed by atoms with Crippen molar-refractivity contribution in [3.8, 4) is 0 Å². The third-order valence-electron chi connectivity index (χ3n) is 0.732. The van der Waals surface area contributed by atoms with E-state index in [4.69, 9.17) is 10.2 Å². The topological polar surface area (TPSA) is 86.6 Å². The minimum absolute atomic E-state index is 0.178. The lowest BCUT2D eigenvalue weighted by Crippen LogP contribution is -2.30. The van der Waals surface area contributed by atoms with Crippen LogP contribution < -0.4 is 5.32 Å². The summed E-state index contributed by atoms with van der Waals surface area (Å²) in [5.41, 5.74) is -0.178. The summed E-state index contributed by atoms with van der Waals surface area (Å²) in [6, 6.07) is 0. The van der Waals surface area contributed by atoms with E-state index in [1.54, 1.807) is 0 Å². The standard InChI is InChI=1S/C5H7NO4/c1-3(2-7)4(8)6-5(9)10/h7H,1-2H2,(H,6,8)(H,9,10). The molecule has 0 aliphatic heterocycles. The summed E-state index contributed by atoms with van der Waals surface area (Å²) >= 11 is 0. The van der Waals surface area contributed by atoms with Gasteiger partial charge in [-0.15, -0.1) is 0 Å². The first-order valence-corrected chi connectivity index (χ1v) is 2.41. The predicted octanol–water partition coefficient (Wildman–Crippen LogP) is -0.671. The monoisotopic (exact) mass is 145 g/mol. The Labute approximate surface area is 57.0 Å². The molecule has 0 saturated carbocycles. The molecule has 0 saturated heterocycles. The van der Waals surface area contributed by atoms with Crippen molar-refractivity contribution in [1.29, 1.82) is 0 Å². The van der Waals surface area contributed by atoms with E-state index in [1.165, 1.54) is 5.32 Å². The number of aliphatic hydroxyl groups is 1. The van der Waals surface area contributed by atoms with E-state index in [9.17, 15) is 9.59 Å². The van der Waals surface area contributed by atoms with Crippen molar-refractivity contribution in [2.45, 2.75) is 0 Å². The van der Waals surface area contributed by atoms with E-state index < -0.39 is 18.6 Å². The molecule has 0 radical (unpaired) electrons. The molecule has 5 nitrogen and oxygen atoms in total.